The minimum Gasteiger partial charge on any atom is -0.481 e. The summed E-state index contributed by atoms with van der Waals surface area (Å²) in [5.41, 5.74) is 0.913. The van der Waals surface area contributed by atoms with Gasteiger partial charge in [0.1, 0.15) is 12.1 Å². The van der Waals surface area contributed by atoms with Crippen molar-refractivity contribution in [2.45, 2.75) is 89.3 Å². The zero-order chi connectivity index (χ0) is 35.1. The van der Waals surface area contributed by atoms with Crippen molar-refractivity contribution in [2.75, 3.05) is 20.1 Å². The van der Waals surface area contributed by atoms with Gasteiger partial charge in [0.05, 0.1) is 6.04 Å². The molecular weight excluding hydrogens is 618 g/mol. The Morgan fingerprint density at radius 1 is 0.812 bits per heavy atom. The van der Waals surface area contributed by atoms with Gasteiger partial charge in [-0.25, -0.2) is 9.59 Å². The Morgan fingerprint density at radius 3 is 2.15 bits per heavy atom. The molecule has 3 atom stereocenters. The van der Waals surface area contributed by atoms with Crippen LogP contribution in [0.2, 0.25) is 0 Å². The van der Waals surface area contributed by atoms with E-state index in [9.17, 15) is 33.9 Å². The Labute approximate surface area is 281 Å². The summed E-state index contributed by atoms with van der Waals surface area (Å²) in [6.07, 6.45) is 4.15. The standard InChI is InChI=1S/C35H49N5O8/c1-22(41)28(16-17-31(42)43)39-35(48)40-29(34(46)47)9-5-6-18-37-33(45)30(20-24-12-13-25-7-3-4-8-27(25)19-24)38-32(44)26-14-10-23(11-15-26)21-36-2/h3-4,7-8,12-13,19,23,26,28-30,36H,5-6,9-11,14-18,20-21H2,1-2H3,(H,37,45)(H,38,44)(H,42,43)(H,46,47)(H2,39,40,48)/t23?,26?,28-,29-,30-/m0/s1. The van der Waals surface area contributed by atoms with Crippen LogP contribution in [-0.4, -0.2) is 84.0 Å². The van der Waals surface area contributed by atoms with Crippen molar-refractivity contribution in [2.24, 2.45) is 11.8 Å². The summed E-state index contributed by atoms with van der Waals surface area (Å²) >= 11 is 0. The molecule has 0 aromatic heterocycles. The van der Waals surface area contributed by atoms with Gasteiger partial charge in [-0.15, -0.1) is 0 Å². The normalized spacial score (nSPS) is 17.8. The second kappa shape index (κ2) is 19.3. The van der Waals surface area contributed by atoms with E-state index in [1.165, 1.54) is 6.92 Å². The lowest BCUT2D eigenvalue weighted by molar-refractivity contribution is -0.139. The molecule has 2 aromatic rings. The Morgan fingerprint density at radius 2 is 1.50 bits per heavy atom. The molecule has 48 heavy (non-hydrogen) atoms. The first-order chi connectivity index (χ1) is 23.0. The first kappa shape index (κ1) is 37.9. The highest BCUT2D eigenvalue weighted by Crippen LogP contribution is 2.28. The molecule has 1 aliphatic carbocycles. The van der Waals surface area contributed by atoms with Crippen LogP contribution in [0.1, 0.15) is 70.3 Å². The quantitative estimate of drug-likeness (QED) is 0.110. The molecule has 1 saturated carbocycles. The lowest BCUT2D eigenvalue weighted by atomic mass is 9.81. The number of carbonyl (C=O) groups excluding carboxylic acids is 4. The van der Waals surface area contributed by atoms with Crippen molar-refractivity contribution in [3.8, 4) is 0 Å². The van der Waals surface area contributed by atoms with Crippen molar-refractivity contribution in [3.05, 3.63) is 48.0 Å². The number of fused-ring (bicyclic) bond motifs is 1. The van der Waals surface area contributed by atoms with Crippen LogP contribution in [0.25, 0.3) is 10.8 Å². The van der Waals surface area contributed by atoms with E-state index in [0.29, 0.717) is 25.2 Å². The molecule has 0 radical (unpaired) electrons. The van der Waals surface area contributed by atoms with Crippen LogP contribution in [-0.2, 0) is 30.4 Å². The minimum atomic E-state index is -1.27. The molecule has 262 valence electrons. The summed E-state index contributed by atoms with van der Waals surface area (Å²) in [6.45, 7) is 2.37. The fourth-order valence-electron chi connectivity index (χ4n) is 6.09. The third kappa shape index (κ3) is 12.6. The summed E-state index contributed by atoms with van der Waals surface area (Å²) in [6, 6.07) is 9.91. The van der Waals surface area contributed by atoms with Gasteiger partial charge < -0.3 is 36.8 Å². The second-order valence-corrected chi connectivity index (χ2v) is 12.6. The Kier molecular flexibility index (Phi) is 15.3. The number of rotatable bonds is 19. The molecule has 0 saturated heterocycles. The molecule has 7 N–H and O–H groups in total. The Hall–Kier alpha value is -4.52. The zero-order valence-corrected chi connectivity index (χ0v) is 27.8. The number of nitrogens with one attached hydrogen (secondary N) is 5. The molecule has 1 fully saturated rings. The van der Waals surface area contributed by atoms with Gasteiger partial charge in [0, 0.05) is 25.3 Å². The molecule has 4 amide bonds. The number of unbranched alkanes of at least 4 members (excludes halogenated alkanes) is 1. The number of Topliss-reactive ketones (excluding diaryl/α,β-unsaturated/α-hetero) is 1. The summed E-state index contributed by atoms with van der Waals surface area (Å²) in [5, 5.41) is 34.3. The van der Waals surface area contributed by atoms with Crippen LogP contribution in [0.5, 0.6) is 0 Å². The smallest absolute Gasteiger partial charge is 0.326 e. The number of carboxylic acid groups (broad SMARTS) is 2. The second-order valence-electron chi connectivity index (χ2n) is 12.6. The van der Waals surface area contributed by atoms with Gasteiger partial charge in [-0.2, -0.15) is 0 Å². The van der Waals surface area contributed by atoms with E-state index in [0.717, 1.165) is 48.6 Å². The Balaban J connectivity index is 1.54. The average Bonchev–Trinajstić information content (AvgIpc) is 3.05. The largest absolute Gasteiger partial charge is 0.481 e. The topological polar surface area (TPSA) is 203 Å². The lowest BCUT2D eigenvalue weighted by Gasteiger charge is -2.29. The SMILES string of the molecule is CNCC1CCC(C(=O)N[C@@H](Cc2ccc3ccccc3c2)C(=O)NCCCC[C@H](NC(=O)N[C@@H](CCC(=O)O)C(C)=O)C(=O)O)CC1. The average molecular weight is 668 g/mol. The van der Waals surface area contributed by atoms with Gasteiger partial charge >= 0.3 is 18.0 Å². The molecule has 2 aromatic carbocycles. The molecule has 0 bridgehead atoms. The fourth-order valence-corrected chi connectivity index (χ4v) is 6.09. The van der Waals surface area contributed by atoms with E-state index in [1.54, 1.807) is 0 Å². The maximum Gasteiger partial charge on any atom is 0.326 e. The van der Waals surface area contributed by atoms with Crippen LogP contribution in [0.3, 0.4) is 0 Å². The summed E-state index contributed by atoms with van der Waals surface area (Å²) in [5.74, 6) is -2.89. The number of amides is 4. The van der Waals surface area contributed by atoms with E-state index in [2.05, 4.69) is 26.6 Å². The maximum absolute atomic E-state index is 13.4. The van der Waals surface area contributed by atoms with Crippen molar-refractivity contribution in [3.63, 3.8) is 0 Å². The highest BCUT2D eigenvalue weighted by Gasteiger charge is 2.30. The van der Waals surface area contributed by atoms with E-state index < -0.39 is 41.9 Å². The summed E-state index contributed by atoms with van der Waals surface area (Å²) < 4.78 is 0. The van der Waals surface area contributed by atoms with Crippen LogP contribution in [0, 0.1) is 11.8 Å². The first-order valence-corrected chi connectivity index (χ1v) is 16.7. The van der Waals surface area contributed by atoms with Crippen LogP contribution in [0.15, 0.2) is 42.5 Å². The van der Waals surface area contributed by atoms with E-state index >= 15 is 0 Å². The minimum absolute atomic E-state index is 0.0615. The fraction of sp³-hybridized carbons (Fsp3) is 0.543. The number of hydrogen-bond donors (Lipinski definition) is 7. The van der Waals surface area contributed by atoms with Crippen LogP contribution < -0.4 is 26.6 Å². The van der Waals surface area contributed by atoms with E-state index in [-0.39, 0.29) is 43.5 Å². The van der Waals surface area contributed by atoms with Gasteiger partial charge in [-0.1, -0.05) is 42.5 Å². The predicted molar refractivity (Wildman–Crippen MR) is 180 cm³/mol. The lowest BCUT2D eigenvalue weighted by Crippen LogP contribution is -2.51. The van der Waals surface area contributed by atoms with Gasteiger partial charge in [0.25, 0.3) is 0 Å². The number of ketones is 1. The maximum atomic E-state index is 13.4. The number of urea groups is 1. The van der Waals surface area contributed by atoms with Gasteiger partial charge in [0.15, 0.2) is 5.78 Å². The summed E-state index contributed by atoms with van der Waals surface area (Å²) in [7, 11) is 1.93. The molecule has 13 nitrogen and oxygen atoms in total. The molecule has 0 unspecified atom stereocenters. The zero-order valence-electron chi connectivity index (χ0n) is 27.8. The van der Waals surface area contributed by atoms with Crippen molar-refractivity contribution >= 4 is 46.3 Å². The highest BCUT2D eigenvalue weighted by atomic mass is 16.4. The Bertz CT molecular complexity index is 1420. The molecule has 0 heterocycles. The molecular formula is C35H49N5O8. The number of benzene rings is 2. The van der Waals surface area contributed by atoms with E-state index in [4.69, 9.17) is 5.11 Å². The monoisotopic (exact) mass is 667 g/mol. The highest BCUT2D eigenvalue weighted by molar-refractivity contribution is 5.90. The number of hydrogen-bond acceptors (Lipinski definition) is 7. The third-order valence-corrected chi connectivity index (χ3v) is 8.86. The molecule has 0 aliphatic heterocycles. The first-order valence-electron chi connectivity index (χ1n) is 16.7. The molecule has 1 aliphatic rings. The number of carboxylic acids is 2. The van der Waals surface area contributed by atoms with Crippen molar-refractivity contribution in [1.82, 2.24) is 26.6 Å². The molecule has 13 heteroatoms. The van der Waals surface area contributed by atoms with E-state index in [1.807, 2.05) is 49.5 Å². The molecule has 0 spiro atoms. The van der Waals surface area contributed by atoms with Gasteiger partial charge in [-0.05, 0) is 94.1 Å². The number of aliphatic carboxylic acids is 2. The number of carbonyl (C=O) groups is 6. The van der Waals surface area contributed by atoms with Crippen LogP contribution >= 0.6 is 0 Å². The summed E-state index contributed by atoms with van der Waals surface area (Å²) in [4.78, 5) is 73.5. The predicted octanol–water partition coefficient (Wildman–Crippen LogP) is 2.75. The van der Waals surface area contributed by atoms with Crippen molar-refractivity contribution in [1.29, 1.82) is 0 Å². The van der Waals surface area contributed by atoms with Gasteiger partial charge in [0.2, 0.25) is 11.8 Å². The van der Waals surface area contributed by atoms with Crippen LogP contribution in [0.4, 0.5) is 4.79 Å². The van der Waals surface area contributed by atoms with Gasteiger partial charge in [-0.3, -0.25) is 19.2 Å². The third-order valence-electron chi connectivity index (χ3n) is 8.86. The van der Waals surface area contributed by atoms with Crippen molar-refractivity contribution < 1.29 is 39.0 Å². The molecule has 3 rings (SSSR count).